The number of halogens is 1. The van der Waals surface area contributed by atoms with Crippen molar-refractivity contribution in [3.05, 3.63) is 17.1 Å². The Hall–Kier alpha value is 0.733. The molecule has 0 aromatic carbocycles. The molecule has 0 amide bonds. The van der Waals surface area contributed by atoms with Gasteiger partial charge >= 0.3 is 0 Å². The Morgan fingerprint density at radius 3 is 2.43 bits per heavy atom. The Morgan fingerprint density at radius 1 is 1.57 bits per heavy atom. The molecule has 1 heterocycles. The van der Waals surface area contributed by atoms with E-state index in [4.69, 9.17) is 0 Å². The molecule has 0 spiro atoms. The van der Waals surface area contributed by atoms with E-state index in [-0.39, 0.29) is 36.5 Å². The van der Waals surface area contributed by atoms with Crippen molar-refractivity contribution in [3.8, 4) is 0 Å². The summed E-state index contributed by atoms with van der Waals surface area (Å²) in [6.07, 6.45) is 1.71. The molecule has 1 rings (SSSR count). The van der Waals surface area contributed by atoms with E-state index in [1.165, 1.54) is 11.3 Å². The zero-order valence-electron chi connectivity index (χ0n) is 3.60. The van der Waals surface area contributed by atoms with Crippen LogP contribution in [0.1, 0.15) is 0 Å². The summed E-state index contributed by atoms with van der Waals surface area (Å²) in [6.45, 7) is 0. The van der Waals surface area contributed by atoms with E-state index in [0.717, 1.165) is 0 Å². The summed E-state index contributed by atoms with van der Waals surface area (Å²) in [7, 11) is 0. The maximum Gasteiger partial charge on any atom is 0.152 e. The minimum atomic E-state index is 0. The standard InChI is InChI=1S/C3H2NS.BrH.Zn/c1-2-5-3-4-1;;/h1-2H;1H;/p-1. The van der Waals surface area contributed by atoms with Crippen molar-refractivity contribution in [2.75, 3.05) is 0 Å². The van der Waals surface area contributed by atoms with Crippen LogP contribution in [-0.4, -0.2) is 4.98 Å². The van der Waals surface area contributed by atoms with Gasteiger partial charge in [-0.25, -0.2) is 4.98 Å². The first-order chi connectivity index (χ1) is 2.50. The second-order valence-electron chi connectivity index (χ2n) is 0.623. The van der Waals surface area contributed by atoms with E-state index in [9.17, 15) is 0 Å². The first-order valence-electron chi connectivity index (χ1n) is 1.25. The number of aromatic nitrogens is 1. The maximum atomic E-state index is 3.62. The number of rotatable bonds is 0. The van der Waals surface area contributed by atoms with Crippen molar-refractivity contribution in [1.29, 1.82) is 0 Å². The molecule has 4 heteroatoms. The van der Waals surface area contributed by atoms with Crippen molar-refractivity contribution in [1.82, 2.24) is 4.98 Å². The second kappa shape index (κ2) is 6.73. The monoisotopic (exact) mass is 227 g/mol. The number of thiazole rings is 1. The Labute approximate surface area is 69.7 Å². The van der Waals surface area contributed by atoms with Gasteiger partial charge in [-0.2, -0.15) is 0 Å². The molecule has 0 saturated carbocycles. The molecular formula is C3H2BrNSZn-. The van der Waals surface area contributed by atoms with Gasteiger partial charge in [0, 0.05) is 31.1 Å². The molecule has 1 radical (unpaired) electrons. The largest absolute Gasteiger partial charge is 1.00 e. The van der Waals surface area contributed by atoms with E-state index in [1.807, 2.05) is 5.38 Å². The maximum absolute atomic E-state index is 3.62. The fourth-order valence-corrected chi connectivity index (χ4v) is 0.456. The summed E-state index contributed by atoms with van der Waals surface area (Å²) >= 11 is 1.48. The Bertz CT molecular complexity index is 71.4. The fourth-order valence-electron chi connectivity index (χ4n) is 0.152. The summed E-state index contributed by atoms with van der Waals surface area (Å²) in [5.74, 6) is 0. The number of nitrogens with zero attached hydrogens (tertiary/aromatic N) is 1. The SMILES string of the molecule is [Br-].[Zn].[c]1nccs1. The molecule has 1 nitrogen and oxygen atoms in total. The van der Waals surface area contributed by atoms with Gasteiger partial charge in [-0.15, -0.1) is 11.3 Å². The van der Waals surface area contributed by atoms with E-state index < -0.39 is 0 Å². The molecule has 0 bridgehead atoms. The van der Waals surface area contributed by atoms with Crippen LogP contribution in [0.3, 0.4) is 0 Å². The van der Waals surface area contributed by atoms with Crippen LogP contribution in [-0.2, 0) is 19.5 Å². The summed E-state index contributed by atoms with van der Waals surface area (Å²) in [4.78, 5) is 3.62. The van der Waals surface area contributed by atoms with Crippen molar-refractivity contribution < 1.29 is 36.5 Å². The molecular weight excluding hydrogens is 227 g/mol. The molecule has 0 fully saturated rings. The molecule has 0 aliphatic carbocycles. The fraction of sp³-hybridized carbons (Fsp3) is 0. The molecule has 1 aromatic heterocycles. The molecule has 0 aliphatic heterocycles. The number of hydrogen-bond acceptors (Lipinski definition) is 2. The van der Waals surface area contributed by atoms with Gasteiger partial charge in [0.1, 0.15) is 0 Å². The Balaban J connectivity index is 0. The molecule has 0 N–H and O–H groups in total. The van der Waals surface area contributed by atoms with Crippen molar-refractivity contribution in [2.45, 2.75) is 0 Å². The third-order valence-corrected chi connectivity index (χ3v) is 0.777. The summed E-state index contributed by atoms with van der Waals surface area (Å²) in [5.41, 5.74) is 2.65. The van der Waals surface area contributed by atoms with Crippen LogP contribution >= 0.6 is 11.3 Å². The third kappa shape index (κ3) is 4.59. The third-order valence-electron chi connectivity index (χ3n) is 0.309. The van der Waals surface area contributed by atoms with Gasteiger partial charge in [0.15, 0.2) is 5.51 Å². The summed E-state index contributed by atoms with van der Waals surface area (Å²) in [6, 6.07) is 0. The van der Waals surface area contributed by atoms with Crippen molar-refractivity contribution in [3.63, 3.8) is 0 Å². The predicted molar refractivity (Wildman–Crippen MR) is 20.9 cm³/mol. The van der Waals surface area contributed by atoms with Crippen LogP contribution in [0.25, 0.3) is 0 Å². The van der Waals surface area contributed by atoms with Gasteiger partial charge in [0.25, 0.3) is 0 Å². The van der Waals surface area contributed by atoms with Gasteiger partial charge in [-0.3, -0.25) is 0 Å². The predicted octanol–water partition coefficient (Wildman–Crippen LogP) is -2.06. The minimum absolute atomic E-state index is 0. The van der Waals surface area contributed by atoms with Gasteiger partial charge in [-0.1, -0.05) is 0 Å². The van der Waals surface area contributed by atoms with Gasteiger partial charge < -0.3 is 17.0 Å². The van der Waals surface area contributed by atoms with Crippen LogP contribution in [0.5, 0.6) is 0 Å². The molecule has 0 aliphatic rings. The molecule has 0 saturated heterocycles. The smallest absolute Gasteiger partial charge is 0.152 e. The second-order valence-corrected chi connectivity index (χ2v) is 1.31. The Morgan fingerprint density at radius 2 is 2.29 bits per heavy atom. The van der Waals surface area contributed by atoms with E-state index in [1.54, 1.807) is 6.20 Å². The molecule has 1 aromatic rings. The van der Waals surface area contributed by atoms with Crippen LogP contribution in [0, 0.1) is 5.51 Å². The minimum Gasteiger partial charge on any atom is -1.00 e. The molecule has 0 unspecified atom stereocenters. The first-order valence-corrected chi connectivity index (χ1v) is 2.13. The van der Waals surface area contributed by atoms with E-state index >= 15 is 0 Å². The topological polar surface area (TPSA) is 12.9 Å². The average molecular weight is 229 g/mol. The van der Waals surface area contributed by atoms with Crippen molar-refractivity contribution in [2.24, 2.45) is 0 Å². The van der Waals surface area contributed by atoms with Crippen LogP contribution < -0.4 is 17.0 Å². The zero-order chi connectivity index (χ0) is 3.54. The Kier molecular flexibility index (Phi) is 10.3. The molecule has 35 valence electrons. The van der Waals surface area contributed by atoms with Crippen LogP contribution in [0.15, 0.2) is 11.6 Å². The molecule has 7 heavy (non-hydrogen) atoms. The first kappa shape index (κ1) is 10.7. The van der Waals surface area contributed by atoms with Crippen molar-refractivity contribution >= 4 is 11.3 Å². The van der Waals surface area contributed by atoms with Gasteiger partial charge in [-0.05, 0) is 0 Å². The number of hydrogen-bond donors (Lipinski definition) is 0. The van der Waals surface area contributed by atoms with Gasteiger partial charge in [0.05, 0.1) is 0 Å². The average Bonchev–Trinajstić information content (AvgIpc) is 1.76. The quantitative estimate of drug-likeness (QED) is 0.467. The molecule has 0 atom stereocenters. The van der Waals surface area contributed by atoms with E-state index in [0.29, 0.717) is 0 Å². The zero-order valence-corrected chi connectivity index (χ0v) is 8.96. The summed E-state index contributed by atoms with van der Waals surface area (Å²) < 4.78 is 0. The van der Waals surface area contributed by atoms with Crippen LogP contribution in [0.4, 0.5) is 0 Å². The van der Waals surface area contributed by atoms with Crippen LogP contribution in [0.2, 0.25) is 0 Å². The summed E-state index contributed by atoms with van der Waals surface area (Å²) in [5, 5.41) is 1.88. The van der Waals surface area contributed by atoms with E-state index in [2.05, 4.69) is 10.5 Å². The normalized spacial score (nSPS) is 5.71. The van der Waals surface area contributed by atoms with Gasteiger partial charge in [0.2, 0.25) is 0 Å².